The predicted molar refractivity (Wildman–Crippen MR) is 60.3 cm³/mol. The van der Waals surface area contributed by atoms with Crippen LogP contribution in [0, 0.1) is 19.3 Å². The quantitative estimate of drug-likeness (QED) is 0.734. The van der Waals surface area contributed by atoms with Crippen LogP contribution in [0.2, 0.25) is 0 Å². The van der Waals surface area contributed by atoms with Crippen molar-refractivity contribution in [1.82, 2.24) is 15.1 Å². The maximum absolute atomic E-state index is 5.22. The number of terminal acetylenes is 1. The fourth-order valence-electron chi connectivity index (χ4n) is 1.57. The van der Waals surface area contributed by atoms with Crippen LogP contribution in [0.1, 0.15) is 30.5 Å². The van der Waals surface area contributed by atoms with Gasteiger partial charge < -0.3 is 5.32 Å². The Labute approximate surface area is 90.9 Å². The minimum Gasteiger partial charge on any atom is -0.310 e. The van der Waals surface area contributed by atoms with Gasteiger partial charge in [0.2, 0.25) is 0 Å². The van der Waals surface area contributed by atoms with Crippen molar-refractivity contribution in [2.45, 2.75) is 45.3 Å². The highest BCUT2D eigenvalue weighted by atomic mass is 15.3. The topological polar surface area (TPSA) is 29.9 Å². The molecule has 3 heteroatoms. The minimum absolute atomic E-state index is 0.747. The normalized spacial score (nSPS) is 15.2. The summed E-state index contributed by atoms with van der Waals surface area (Å²) in [7, 11) is 0. The first-order valence-corrected chi connectivity index (χ1v) is 5.49. The highest BCUT2D eigenvalue weighted by Crippen LogP contribution is 2.19. The Balaban J connectivity index is 1.91. The lowest BCUT2D eigenvalue weighted by molar-refractivity contribution is 0.623. The second-order valence-corrected chi connectivity index (χ2v) is 4.11. The molecular formula is C12H17N3. The third-order valence-electron chi connectivity index (χ3n) is 2.69. The summed E-state index contributed by atoms with van der Waals surface area (Å²) in [5.74, 6) is 2.63. The molecule has 0 amide bonds. The van der Waals surface area contributed by atoms with Crippen LogP contribution < -0.4 is 5.32 Å². The first-order valence-electron chi connectivity index (χ1n) is 5.49. The second kappa shape index (κ2) is 4.50. The summed E-state index contributed by atoms with van der Waals surface area (Å²) in [4.78, 5) is 0. The molecule has 0 aromatic carbocycles. The molecule has 1 N–H and O–H groups in total. The summed E-state index contributed by atoms with van der Waals surface area (Å²) in [6.07, 6.45) is 10.7. The summed E-state index contributed by atoms with van der Waals surface area (Å²) in [5, 5.41) is 7.92. The van der Waals surface area contributed by atoms with Gasteiger partial charge in [-0.15, -0.1) is 12.3 Å². The van der Waals surface area contributed by atoms with Gasteiger partial charge in [-0.25, -0.2) is 0 Å². The number of nitrogens with one attached hydrogen (secondary N) is 1. The molecule has 2 rings (SSSR count). The molecule has 0 unspecified atom stereocenters. The van der Waals surface area contributed by atoms with Crippen LogP contribution in [0.25, 0.3) is 0 Å². The van der Waals surface area contributed by atoms with Crippen molar-refractivity contribution in [3.8, 4) is 12.3 Å². The number of aryl methyl sites for hydroxylation is 2. The Morgan fingerprint density at radius 1 is 1.67 bits per heavy atom. The molecule has 0 saturated heterocycles. The van der Waals surface area contributed by atoms with Gasteiger partial charge in [0.05, 0.1) is 12.2 Å². The van der Waals surface area contributed by atoms with Crippen molar-refractivity contribution >= 4 is 0 Å². The first kappa shape index (κ1) is 10.3. The van der Waals surface area contributed by atoms with E-state index in [1.54, 1.807) is 0 Å². The number of nitrogens with zero attached hydrogens (tertiary/aromatic N) is 2. The molecule has 1 heterocycles. The van der Waals surface area contributed by atoms with E-state index in [1.165, 1.54) is 18.4 Å². The summed E-state index contributed by atoms with van der Waals surface area (Å²) in [6, 6.07) is 0.749. The fourth-order valence-corrected chi connectivity index (χ4v) is 1.57. The Kier molecular flexibility index (Phi) is 3.08. The lowest BCUT2D eigenvalue weighted by atomic mass is 10.2. The van der Waals surface area contributed by atoms with Gasteiger partial charge in [0.1, 0.15) is 0 Å². The van der Waals surface area contributed by atoms with E-state index >= 15 is 0 Å². The van der Waals surface area contributed by atoms with E-state index in [0.29, 0.717) is 0 Å². The SMILES string of the molecule is C#CCCn1cc(CNC2CC2)c(C)n1. The zero-order valence-corrected chi connectivity index (χ0v) is 9.16. The summed E-state index contributed by atoms with van der Waals surface area (Å²) in [6.45, 7) is 3.81. The van der Waals surface area contributed by atoms with Gasteiger partial charge >= 0.3 is 0 Å². The predicted octanol–water partition coefficient (Wildman–Crippen LogP) is 1.47. The van der Waals surface area contributed by atoms with Crippen LogP contribution in [-0.2, 0) is 13.1 Å². The van der Waals surface area contributed by atoms with Crippen LogP contribution >= 0.6 is 0 Å². The summed E-state index contributed by atoms with van der Waals surface area (Å²) in [5.41, 5.74) is 2.40. The zero-order valence-electron chi connectivity index (χ0n) is 9.16. The maximum Gasteiger partial charge on any atom is 0.0638 e. The van der Waals surface area contributed by atoms with E-state index in [1.807, 2.05) is 4.68 Å². The molecule has 15 heavy (non-hydrogen) atoms. The van der Waals surface area contributed by atoms with E-state index in [-0.39, 0.29) is 0 Å². The molecule has 1 aliphatic rings. The van der Waals surface area contributed by atoms with Crippen molar-refractivity contribution in [3.05, 3.63) is 17.5 Å². The van der Waals surface area contributed by atoms with Gasteiger partial charge in [0, 0.05) is 30.8 Å². The van der Waals surface area contributed by atoms with Gasteiger partial charge in [-0.1, -0.05) is 0 Å². The molecule has 1 fully saturated rings. The third-order valence-corrected chi connectivity index (χ3v) is 2.69. The molecule has 1 aliphatic carbocycles. The minimum atomic E-state index is 0.747. The van der Waals surface area contributed by atoms with Crippen molar-refractivity contribution in [2.75, 3.05) is 0 Å². The largest absolute Gasteiger partial charge is 0.310 e. The summed E-state index contributed by atoms with van der Waals surface area (Å²) < 4.78 is 1.94. The molecule has 1 aromatic rings. The Bertz CT molecular complexity index is 369. The van der Waals surface area contributed by atoms with E-state index in [4.69, 9.17) is 6.42 Å². The Morgan fingerprint density at radius 3 is 3.13 bits per heavy atom. The highest BCUT2D eigenvalue weighted by molar-refractivity contribution is 5.15. The number of aromatic nitrogens is 2. The number of hydrogen-bond acceptors (Lipinski definition) is 2. The van der Waals surface area contributed by atoms with Crippen LogP contribution in [0.3, 0.4) is 0 Å². The lowest BCUT2D eigenvalue weighted by Gasteiger charge is -1.99. The fraction of sp³-hybridized carbons (Fsp3) is 0.583. The molecule has 80 valence electrons. The summed E-state index contributed by atoms with van der Waals surface area (Å²) >= 11 is 0. The van der Waals surface area contributed by atoms with Gasteiger partial charge in [0.15, 0.2) is 0 Å². The lowest BCUT2D eigenvalue weighted by Crippen LogP contribution is -2.15. The number of rotatable bonds is 5. The average molecular weight is 203 g/mol. The van der Waals surface area contributed by atoms with Crippen LogP contribution in [0.5, 0.6) is 0 Å². The molecular weight excluding hydrogens is 186 g/mol. The molecule has 0 radical (unpaired) electrons. The zero-order chi connectivity index (χ0) is 10.7. The van der Waals surface area contributed by atoms with Gasteiger partial charge in [-0.3, -0.25) is 4.68 Å². The Morgan fingerprint density at radius 2 is 2.47 bits per heavy atom. The molecule has 3 nitrogen and oxygen atoms in total. The monoisotopic (exact) mass is 203 g/mol. The highest BCUT2D eigenvalue weighted by Gasteiger charge is 2.20. The van der Waals surface area contributed by atoms with Gasteiger partial charge in [-0.2, -0.15) is 5.10 Å². The van der Waals surface area contributed by atoms with Crippen LogP contribution in [0.15, 0.2) is 6.20 Å². The van der Waals surface area contributed by atoms with Crippen molar-refractivity contribution < 1.29 is 0 Å². The Hall–Kier alpha value is -1.27. The van der Waals surface area contributed by atoms with E-state index in [9.17, 15) is 0 Å². The maximum atomic E-state index is 5.22. The molecule has 1 saturated carbocycles. The molecule has 1 aromatic heterocycles. The second-order valence-electron chi connectivity index (χ2n) is 4.11. The van der Waals surface area contributed by atoms with Gasteiger partial charge in [-0.05, 0) is 19.8 Å². The molecule has 0 spiro atoms. The van der Waals surface area contributed by atoms with Crippen LogP contribution in [-0.4, -0.2) is 15.8 Å². The third kappa shape index (κ3) is 2.84. The van der Waals surface area contributed by atoms with Crippen molar-refractivity contribution in [3.63, 3.8) is 0 Å². The van der Waals surface area contributed by atoms with Crippen LogP contribution in [0.4, 0.5) is 0 Å². The van der Waals surface area contributed by atoms with E-state index < -0.39 is 0 Å². The van der Waals surface area contributed by atoms with E-state index in [2.05, 4.69) is 29.5 Å². The van der Waals surface area contributed by atoms with Gasteiger partial charge in [0.25, 0.3) is 0 Å². The first-order chi connectivity index (χ1) is 7.29. The average Bonchev–Trinajstić information content (AvgIpc) is 2.98. The molecule has 0 aliphatic heterocycles. The molecule has 0 bridgehead atoms. The van der Waals surface area contributed by atoms with E-state index in [0.717, 1.165) is 31.2 Å². The van der Waals surface area contributed by atoms with Crippen molar-refractivity contribution in [2.24, 2.45) is 0 Å². The smallest absolute Gasteiger partial charge is 0.0638 e. The molecule has 0 atom stereocenters. The van der Waals surface area contributed by atoms with Crippen molar-refractivity contribution in [1.29, 1.82) is 0 Å². The number of hydrogen-bond donors (Lipinski definition) is 1. The standard InChI is InChI=1S/C12H17N3/c1-3-4-7-15-9-11(10(2)14-15)8-13-12-5-6-12/h1,9,12-13H,4-8H2,2H3.